The minimum atomic E-state index is -0.460. The van der Waals surface area contributed by atoms with Gasteiger partial charge in [0.15, 0.2) is 17.3 Å². The molecule has 0 aliphatic rings. The summed E-state index contributed by atoms with van der Waals surface area (Å²) in [7, 11) is 1.52. The molecule has 1 amide bonds. The number of halogens is 1. The van der Waals surface area contributed by atoms with Crippen LogP contribution in [0.1, 0.15) is 16.2 Å². The van der Waals surface area contributed by atoms with Crippen LogP contribution in [0.2, 0.25) is 5.15 Å². The Kier molecular flexibility index (Phi) is 3.85. The van der Waals surface area contributed by atoms with Gasteiger partial charge in [0.25, 0.3) is 5.91 Å². The van der Waals surface area contributed by atoms with Crippen LogP contribution in [0.5, 0.6) is 0 Å². The topological polar surface area (TPSA) is 90.1 Å². The van der Waals surface area contributed by atoms with Crippen molar-refractivity contribution in [2.24, 2.45) is 0 Å². The highest BCUT2D eigenvalue weighted by atomic mass is 35.5. The summed E-state index contributed by atoms with van der Waals surface area (Å²) in [5.41, 5.74) is 0.129. The molecule has 0 unspecified atom stereocenters. The third-order valence-electron chi connectivity index (χ3n) is 1.92. The van der Waals surface area contributed by atoms with Crippen LogP contribution in [-0.2, 0) is 11.3 Å². The van der Waals surface area contributed by atoms with E-state index in [0.717, 1.165) is 0 Å². The molecular formula is C10H9ClN4O3. The van der Waals surface area contributed by atoms with E-state index in [4.69, 9.17) is 20.9 Å². The van der Waals surface area contributed by atoms with Crippen molar-refractivity contribution in [3.05, 3.63) is 35.1 Å². The Morgan fingerprint density at radius 3 is 3.11 bits per heavy atom. The fourth-order valence-corrected chi connectivity index (χ4v) is 1.36. The second-order valence-electron chi connectivity index (χ2n) is 3.29. The number of rotatable bonds is 4. The molecule has 0 aromatic carbocycles. The van der Waals surface area contributed by atoms with Crippen LogP contribution in [0.15, 0.2) is 23.0 Å². The van der Waals surface area contributed by atoms with E-state index in [-0.39, 0.29) is 23.3 Å². The van der Waals surface area contributed by atoms with Gasteiger partial charge in [-0.25, -0.2) is 4.98 Å². The molecule has 8 heteroatoms. The molecule has 94 valence electrons. The molecule has 18 heavy (non-hydrogen) atoms. The van der Waals surface area contributed by atoms with Crippen molar-refractivity contribution in [1.29, 1.82) is 0 Å². The second-order valence-corrected chi connectivity index (χ2v) is 3.68. The molecular weight excluding hydrogens is 260 g/mol. The van der Waals surface area contributed by atoms with Crippen LogP contribution in [0.3, 0.4) is 0 Å². The lowest BCUT2D eigenvalue weighted by Gasteiger charge is -2.00. The number of nitrogens with one attached hydrogen (secondary N) is 1. The SMILES string of the molecule is COCc1cc(C(=O)Nc2cncc(Cl)n2)no1. The van der Waals surface area contributed by atoms with Gasteiger partial charge in [-0.1, -0.05) is 16.8 Å². The molecule has 0 spiro atoms. The summed E-state index contributed by atoms with van der Waals surface area (Å²) in [6.45, 7) is 0.247. The fraction of sp³-hybridized carbons (Fsp3) is 0.200. The molecule has 1 N–H and O–H groups in total. The first-order chi connectivity index (χ1) is 8.69. The first-order valence-corrected chi connectivity index (χ1v) is 5.30. The quantitative estimate of drug-likeness (QED) is 0.904. The number of methoxy groups -OCH3 is 1. The Labute approximate surface area is 107 Å². The molecule has 0 fully saturated rings. The summed E-state index contributed by atoms with van der Waals surface area (Å²) in [6, 6.07) is 1.48. The number of nitrogens with zero attached hydrogens (tertiary/aromatic N) is 3. The smallest absolute Gasteiger partial charge is 0.279 e. The minimum Gasteiger partial charge on any atom is -0.377 e. The number of hydrogen-bond donors (Lipinski definition) is 1. The van der Waals surface area contributed by atoms with E-state index >= 15 is 0 Å². The molecule has 0 atom stereocenters. The highest BCUT2D eigenvalue weighted by Gasteiger charge is 2.13. The van der Waals surface area contributed by atoms with Crippen molar-refractivity contribution < 1.29 is 14.1 Å². The van der Waals surface area contributed by atoms with Crippen LogP contribution in [0, 0.1) is 0 Å². The Hall–Kier alpha value is -1.99. The highest BCUT2D eigenvalue weighted by molar-refractivity contribution is 6.29. The monoisotopic (exact) mass is 268 g/mol. The Morgan fingerprint density at radius 2 is 2.39 bits per heavy atom. The van der Waals surface area contributed by atoms with Crippen LogP contribution >= 0.6 is 11.6 Å². The van der Waals surface area contributed by atoms with Gasteiger partial charge in [-0.05, 0) is 0 Å². The number of aromatic nitrogens is 3. The summed E-state index contributed by atoms with van der Waals surface area (Å²) in [5.74, 6) is 0.237. The second kappa shape index (κ2) is 5.56. The lowest BCUT2D eigenvalue weighted by atomic mass is 10.3. The number of carbonyl (C=O) groups excluding carboxylic acids is 1. The van der Waals surface area contributed by atoms with Crippen LogP contribution in [0.4, 0.5) is 5.82 Å². The average Bonchev–Trinajstić information content (AvgIpc) is 2.78. The van der Waals surface area contributed by atoms with Gasteiger partial charge in [0.05, 0.1) is 12.4 Å². The molecule has 0 aliphatic carbocycles. The largest absolute Gasteiger partial charge is 0.377 e. The van der Waals surface area contributed by atoms with E-state index in [1.54, 1.807) is 0 Å². The highest BCUT2D eigenvalue weighted by Crippen LogP contribution is 2.10. The standard InChI is InChI=1S/C10H9ClN4O3/c1-17-5-6-2-7(15-18-6)10(16)14-9-4-12-3-8(11)13-9/h2-4H,5H2,1H3,(H,13,14,16). The van der Waals surface area contributed by atoms with E-state index in [9.17, 15) is 4.79 Å². The van der Waals surface area contributed by atoms with Crippen molar-refractivity contribution >= 4 is 23.3 Å². The predicted molar refractivity (Wildman–Crippen MR) is 62.2 cm³/mol. The van der Waals surface area contributed by atoms with Crippen LogP contribution < -0.4 is 5.32 Å². The first kappa shape index (κ1) is 12.5. The lowest BCUT2D eigenvalue weighted by molar-refractivity contribution is 0.101. The van der Waals surface area contributed by atoms with E-state index in [0.29, 0.717) is 5.76 Å². The molecule has 2 rings (SSSR count). The number of hydrogen-bond acceptors (Lipinski definition) is 6. The molecule has 2 aromatic rings. The van der Waals surface area contributed by atoms with E-state index < -0.39 is 5.91 Å². The van der Waals surface area contributed by atoms with E-state index in [2.05, 4.69) is 20.4 Å². The summed E-state index contributed by atoms with van der Waals surface area (Å²) < 4.78 is 9.74. The third kappa shape index (κ3) is 3.02. The van der Waals surface area contributed by atoms with Crippen molar-refractivity contribution in [1.82, 2.24) is 15.1 Å². The third-order valence-corrected chi connectivity index (χ3v) is 2.11. The molecule has 0 saturated carbocycles. The normalized spacial score (nSPS) is 10.3. The molecule has 2 aromatic heterocycles. The Balaban J connectivity index is 2.07. The summed E-state index contributed by atoms with van der Waals surface area (Å²) in [4.78, 5) is 19.4. The maximum Gasteiger partial charge on any atom is 0.279 e. The minimum absolute atomic E-state index is 0.129. The van der Waals surface area contributed by atoms with Gasteiger partial charge >= 0.3 is 0 Å². The van der Waals surface area contributed by atoms with Crippen LogP contribution in [-0.4, -0.2) is 28.1 Å². The van der Waals surface area contributed by atoms with Gasteiger partial charge in [-0.15, -0.1) is 0 Å². The summed E-state index contributed by atoms with van der Waals surface area (Å²) in [5, 5.41) is 6.29. The van der Waals surface area contributed by atoms with E-state index in [1.165, 1.54) is 25.6 Å². The molecule has 0 aliphatic heterocycles. The maximum absolute atomic E-state index is 11.8. The molecule has 0 bridgehead atoms. The maximum atomic E-state index is 11.8. The van der Waals surface area contributed by atoms with Crippen molar-refractivity contribution in [2.45, 2.75) is 6.61 Å². The zero-order valence-electron chi connectivity index (χ0n) is 9.38. The van der Waals surface area contributed by atoms with E-state index in [1.807, 2.05) is 0 Å². The Morgan fingerprint density at radius 1 is 1.56 bits per heavy atom. The number of carbonyl (C=O) groups is 1. The Bertz CT molecular complexity index is 558. The van der Waals surface area contributed by atoms with Gasteiger partial charge in [-0.2, -0.15) is 0 Å². The summed E-state index contributed by atoms with van der Waals surface area (Å²) >= 11 is 5.64. The zero-order valence-corrected chi connectivity index (χ0v) is 10.1. The van der Waals surface area contributed by atoms with Crippen molar-refractivity contribution in [2.75, 3.05) is 12.4 Å². The van der Waals surface area contributed by atoms with Gasteiger partial charge in [0, 0.05) is 13.2 Å². The number of anilines is 1. The van der Waals surface area contributed by atoms with Crippen LogP contribution in [0.25, 0.3) is 0 Å². The average molecular weight is 269 g/mol. The van der Waals surface area contributed by atoms with Gasteiger partial charge in [0.1, 0.15) is 11.8 Å². The molecule has 7 nitrogen and oxygen atoms in total. The van der Waals surface area contributed by atoms with Gasteiger partial charge in [0.2, 0.25) is 0 Å². The van der Waals surface area contributed by atoms with Crippen molar-refractivity contribution in [3.63, 3.8) is 0 Å². The fourth-order valence-electron chi connectivity index (χ4n) is 1.21. The first-order valence-electron chi connectivity index (χ1n) is 4.92. The molecule has 0 saturated heterocycles. The number of amides is 1. The predicted octanol–water partition coefficient (Wildman–Crippen LogP) is 1.52. The molecule has 0 radical (unpaired) electrons. The van der Waals surface area contributed by atoms with Crippen molar-refractivity contribution in [3.8, 4) is 0 Å². The van der Waals surface area contributed by atoms with Gasteiger partial charge in [-0.3, -0.25) is 9.78 Å². The molecule has 2 heterocycles. The van der Waals surface area contributed by atoms with Gasteiger partial charge < -0.3 is 14.6 Å². The summed E-state index contributed by atoms with van der Waals surface area (Å²) in [6.07, 6.45) is 2.74. The zero-order chi connectivity index (χ0) is 13.0. The lowest BCUT2D eigenvalue weighted by Crippen LogP contribution is -2.13. The number of ether oxygens (including phenoxy) is 1.